The maximum atomic E-state index is 11.8. The van der Waals surface area contributed by atoms with E-state index in [1.165, 1.54) is 18.2 Å². The van der Waals surface area contributed by atoms with Crippen LogP contribution in [0.5, 0.6) is 0 Å². The Labute approximate surface area is 129 Å². The molecule has 114 valence electrons. The number of carbonyl (C=O) groups excluding carboxylic acids is 1. The zero-order valence-corrected chi connectivity index (χ0v) is 12.2. The molecule has 1 saturated carbocycles. The number of hydrogen-bond acceptors (Lipinski definition) is 7. The fourth-order valence-electron chi connectivity index (χ4n) is 1.80. The van der Waals surface area contributed by atoms with Gasteiger partial charge in [-0.2, -0.15) is 0 Å². The normalized spacial score (nSPS) is 13.8. The largest absolute Gasteiger partial charge is 0.416 e. The highest BCUT2D eigenvalue weighted by atomic mass is 32.2. The van der Waals surface area contributed by atoms with Gasteiger partial charge in [-0.25, -0.2) is 0 Å². The van der Waals surface area contributed by atoms with E-state index in [1.807, 2.05) is 0 Å². The minimum Gasteiger partial charge on any atom is -0.416 e. The number of nitrogens with zero attached hydrogens (tertiary/aromatic N) is 3. The fraction of sp³-hybridized carbons (Fsp3) is 0.308. The van der Waals surface area contributed by atoms with E-state index in [1.54, 1.807) is 6.07 Å². The van der Waals surface area contributed by atoms with Gasteiger partial charge in [-0.05, 0) is 18.9 Å². The van der Waals surface area contributed by atoms with Crippen LogP contribution in [0.1, 0.15) is 24.7 Å². The molecule has 22 heavy (non-hydrogen) atoms. The van der Waals surface area contributed by atoms with Crippen molar-refractivity contribution in [1.29, 1.82) is 0 Å². The number of amides is 1. The molecular weight excluding hydrogens is 308 g/mol. The fourth-order valence-corrected chi connectivity index (χ4v) is 2.37. The third kappa shape index (κ3) is 3.61. The summed E-state index contributed by atoms with van der Waals surface area (Å²) in [6.07, 6.45) is 2.14. The number of rotatable bonds is 6. The first-order chi connectivity index (χ1) is 10.6. The summed E-state index contributed by atoms with van der Waals surface area (Å²) in [7, 11) is 0. The Balaban J connectivity index is 1.53. The number of benzene rings is 1. The van der Waals surface area contributed by atoms with Crippen LogP contribution in [0.15, 0.2) is 33.9 Å². The van der Waals surface area contributed by atoms with Crippen LogP contribution < -0.4 is 5.32 Å². The number of anilines is 1. The Morgan fingerprint density at radius 2 is 2.27 bits per heavy atom. The van der Waals surface area contributed by atoms with E-state index in [-0.39, 0.29) is 17.3 Å². The van der Waals surface area contributed by atoms with Gasteiger partial charge in [0.1, 0.15) is 0 Å². The Morgan fingerprint density at radius 3 is 3.00 bits per heavy atom. The molecule has 1 fully saturated rings. The van der Waals surface area contributed by atoms with Crippen molar-refractivity contribution in [1.82, 2.24) is 10.2 Å². The molecule has 0 aliphatic heterocycles. The summed E-state index contributed by atoms with van der Waals surface area (Å²) in [5, 5.41) is 21.4. The highest BCUT2D eigenvalue weighted by molar-refractivity contribution is 7.99. The molecule has 1 heterocycles. The van der Waals surface area contributed by atoms with Crippen molar-refractivity contribution in [3.05, 3.63) is 40.3 Å². The van der Waals surface area contributed by atoms with Crippen molar-refractivity contribution < 1.29 is 14.1 Å². The van der Waals surface area contributed by atoms with Crippen LogP contribution in [0.4, 0.5) is 11.4 Å². The molecule has 1 aromatic carbocycles. The summed E-state index contributed by atoms with van der Waals surface area (Å²) in [5.74, 6) is 0.799. The minimum atomic E-state index is -0.512. The number of carbonyl (C=O) groups is 1. The van der Waals surface area contributed by atoms with Gasteiger partial charge < -0.3 is 9.73 Å². The van der Waals surface area contributed by atoms with E-state index >= 15 is 0 Å². The molecule has 1 aliphatic rings. The van der Waals surface area contributed by atoms with Crippen molar-refractivity contribution in [3.8, 4) is 0 Å². The quantitative estimate of drug-likeness (QED) is 0.494. The molecule has 0 bridgehead atoms. The average Bonchev–Trinajstić information content (AvgIpc) is 3.24. The van der Waals surface area contributed by atoms with Crippen LogP contribution in [-0.2, 0) is 4.79 Å². The van der Waals surface area contributed by atoms with Crippen LogP contribution in [0.25, 0.3) is 0 Å². The van der Waals surface area contributed by atoms with Gasteiger partial charge >= 0.3 is 0 Å². The standard InChI is InChI=1S/C13H12N4O4S/c18-11(14-9-2-1-3-10(6-9)17(19)20)7-22-13-16-15-12(21-13)8-4-5-8/h1-3,6,8H,4-5,7H2,(H,14,18). The number of nitrogens with one attached hydrogen (secondary N) is 1. The summed E-state index contributed by atoms with van der Waals surface area (Å²) < 4.78 is 5.43. The number of aromatic nitrogens is 2. The van der Waals surface area contributed by atoms with Crippen LogP contribution >= 0.6 is 11.8 Å². The average molecular weight is 320 g/mol. The molecule has 8 nitrogen and oxygen atoms in total. The third-order valence-corrected chi connectivity index (χ3v) is 3.83. The second-order valence-corrected chi connectivity index (χ2v) is 5.75. The first-order valence-electron chi connectivity index (χ1n) is 6.62. The lowest BCUT2D eigenvalue weighted by Gasteiger charge is -2.03. The number of nitro benzene ring substituents is 1. The summed E-state index contributed by atoms with van der Waals surface area (Å²) >= 11 is 1.14. The maximum Gasteiger partial charge on any atom is 0.277 e. The summed E-state index contributed by atoms with van der Waals surface area (Å²) in [6.45, 7) is 0. The highest BCUT2D eigenvalue weighted by Crippen LogP contribution is 2.39. The molecule has 3 rings (SSSR count). The summed E-state index contributed by atoms with van der Waals surface area (Å²) in [4.78, 5) is 22.0. The highest BCUT2D eigenvalue weighted by Gasteiger charge is 2.29. The minimum absolute atomic E-state index is 0.0728. The first-order valence-corrected chi connectivity index (χ1v) is 7.61. The topological polar surface area (TPSA) is 111 Å². The number of nitro groups is 1. The number of non-ortho nitro benzene ring substituents is 1. The van der Waals surface area contributed by atoms with Gasteiger partial charge in [0.2, 0.25) is 11.8 Å². The second kappa shape index (κ2) is 6.14. The van der Waals surface area contributed by atoms with Crippen LogP contribution in [0, 0.1) is 10.1 Å². The molecule has 2 aromatic rings. The van der Waals surface area contributed by atoms with E-state index in [4.69, 9.17) is 4.42 Å². The SMILES string of the molecule is O=C(CSc1nnc(C2CC2)o1)Nc1cccc([N+](=O)[O-])c1. The van der Waals surface area contributed by atoms with Crippen LogP contribution in [0.3, 0.4) is 0 Å². The molecular formula is C13H12N4O4S. The van der Waals surface area contributed by atoms with E-state index < -0.39 is 4.92 Å². The van der Waals surface area contributed by atoms with Crippen molar-refractivity contribution in [2.75, 3.05) is 11.1 Å². The van der Waals surface area contributed by atoms with Gasteiger partial charge in [0, 0.05) is 23.7 Å². The lowest BCUT2D eigenvalue weighted by atomic mass is 10.3. The molecule has 1 N–H and O–H groups in total. The smallest absolute Gasteiger partial charge is 0.277 e. The Morgan fingerprint density at radius 1 is 1.45 bits per heavy atom. The number of hydrogen-bond donors (Lipinski definition) is 1. The van der Waals surface area contributed by atoms with E-state index in [2.05, 4.69) is 15.5 Å². The lowest BCUT2D eigenvalue weighted by molar-refractivity contribution is -0.384. The van der Waals surface area contributed by atoms with Gasteiger partial charge in [0.05, 0.1) is 10.7 Å². The molecule has 1 aromatic heterocycles. The Hall–Kier alpha value is -2.42. The van der Waals surface area contributed by atoms with Crippen molar-refractivity contribution in [2.45, 2.75) is 24.0 Å². The molecule has 0 saturated heterocycles. The van der Waals surface area contributed by atoms with Crippen molar-refractivity contribution >= 4 is 29.0 Å². The predicted octanol–water partition coefficient (Wildman–Crippen LogP) is 2.59. The zero-order valence-electron chi connectivity index (χ0n) is 11.4. The molecule has 0 spiro atoms. The van der Waals surface area contributed by atoms with Crippen molar-refractivity contribution in [2.24, 2.45) is 0 Å². The summed E-state index contributed by atoms with van der Waals surface area (Å²) in [6, 6.07) is 5.77. The summed E-state index contributed by atoms with van der Waals surface area (Å²) in [5.41, 5.74) is 0.306. The van der Waals surface area contributed by atoms with Crippen molar-refractivity contribution in [3.63, 3.8) is 0 Å². The molecule has 0 unspecified atom stereocenters. The second-order valence-electron chi connectivity index (χ2n) is 4.82. The Kier molecular flexibility index (Phi) is 4.05. The number of thioether (sulfide) groups is 1. The molecule has 1 amide bonds. The monoisotopic (exact) mass is 320 g/mol. The first kappa shape index (κ1) is 14.5. The van der Waals surface area contributed by atoms with Gasteiger partial charge in [-0.1, -0.05) is 17.8 Å². The van der Waals surface area contributed by atoms with E-state index in [0.717, 1.165) is 24.6 Å². The van der Waals surface area contributed by atoms with Gasteiger partial charge in [-0.3, -0.25) is 14.9 Å². The predicted molar refractivity (Wildman–Crippen MR) is 78.7 cm³/mol. The van der Waals surface area contributed by atoms with Crippen LogP contribution in [-0.4, -0.2) is 26.8 Å². The van der Waals surface area contributed by atoms with Crippen LogP contribution in [0.2, 0.25) is 0 Å². The molecule has 9 heteroatoms. The maximum absolute atomic E-state index is 11.8. The van der Waals surface area contributed by atoms with E-state index in [0.29, 0.717) is 22.7 Å². The Bertz CT molecular complexity index is 714. The molecule has 0 radical (unpaired) electrons. The third-order valence-electron chi connectivity index (χ3n) is 3.02. The van der Waals surface area contributed by atoms with Gasteiger partial charge in [0.15, 0.2) is 0 Å². The lowest BCUT2D eigenvalue weighted by Crippen LogP contribution is -2.14. The molecule has 0 atom stereocenters. The zero-order chi connectivity index (χ0) is 15.5. The van der Waals surface area contributed by atoms with E-state index in [9.17, 15) is 14.9 Å². The van der Waals surface area contributed by atoms with Gasteiger partial charge in [-0.15, -0.1) is 10.2 Å². The molecule has 1 aliphatic carbocycles. The van der Waals surface area contributed by atoms with Gasteiger partial charge in [0.25, 0.3) is 10.9 Å².